The van der Waals surface area contributed by atoms with E-state index in [-0.39, 0.29) is 23.4 Å². The van der Waals surface area contributed by atoms with E-state index >= 15 is 0 Å². The molecule has 1 aromatic heterocycles. The first kappa shape index (κ1) is 15.7. The minimum atomic E-state index is -0.720. The molecule has 1 rings (SSSR count). The van der Waals surface area contributed by atoms with E-state index in [0.717, 1.165) is 12.3 Å². The molecule has 2 amide bonds. The molecule has 0 unspecified atom stereocenters. The number of alkyl halides is 2. The van der Waals surface area contributed by atoms with Crippen molar-refractivity contribution in [2.75, 3.05) is 0 Å². The summed E-state index contributed by atoms with van der Waals surface area (Å²) in [5.41, 5.74) is -0.0970. The molecule has 0 aromatic carbocycles. The number of nitrogens with zero attached hydrogens (tertiary/aromatic N) is 2. The van der Waals surface area contributed by atoms with Crippen molar-refractivity contribution in [3.63, 3.8) is 0 Å². The van der Waals surface area contributed by atoms with Gasteiger partial charge in [-0.05, 0) is 0 Å². The SMILES string of the molecule is CCC(=O)NC(=O)c1cc([N+](=O)[O-])cnc1C(Br)Br. The number of rotatable bonds is 4. The predicted molar refractivity (Wildman–Crippen MR) is 74.3 cm³/mol. The Balaban J connectivity index is 3.20. The number of amides is 2. The first-order valence-corrected chi connectivity index (χ1v) is 6.96. The van der Waals surface area contributed by atoms with E-state index in [2.05, 4.69) is 42.2 Å². The summed E-state index contributed by atoms with van der Waals surface area (Å²) in [5, 5.41) is 12.8. The molecule has 7 nitrogen and oxygen atoms in total. The van der Waals surface area contributed by atoms with Gasteiger partial charge in [-0.3, -0.25) is 30.0 Å². The quantitative estimate of drug-likeness (QED) is 0.480. The number of aromatic nitrogens is 1. The minimum absolute atomic E-state index is 0.0326. The lowest BCUT2D eigenvalue weighted by atomic mass is 10.2. The number of carbonyl (C=O) groups is 2. The van der Waals surface area contributed by atoms with E-state index in [1.165, 1.54) is 0 Å². The maximum absolute atomic E-state index is 11.9. The van der Waals surface area contributed by atoms with Gasteiger partial charge in [0.1, 0.15) is 9.93 Å². The van der Waals surface area contributed by atoms with Crippen LogP contribution in [0.3, 0.4) is 0 Å². The van der Waals surface area contributed by atoms with E-state index in [9.17, 15) is 19.7 Å². The van der Waals surface area contributed by atoms with Gasteiger partial charge >= 0.3 is 0 Å². The average Bonchev–Trinajstić information content (AvgIpc) is 2.37. The van der Waals surface area contributed by atoms with Crippen LogP contribution < -0.4 is 5.32 Å². The largest absolute Gasteiger partial charge is 0.292 e. The molecule has 0 aliphatic rings. The lowest BCUT2D eigenvalue weighted by Gasteiger charge is -2.08. The molecular weight excluding hydrogens is 386 g/mol. The van der Waals surface area contributed by atoms with Gasteiger partial charge in [0.15, 0.2) is 0 Å². The Morgan fingerprint density at radius 3 is 2.63 bits per heavy atom. The lowest BCUT2D eigenvalue weighted by Crippen LogP contribution is -2.30. The van der Waals surface area contributed by atoms with Crippen molar-refractivity contribution in [2.45, 2.75) is 17.1 Å². The van der Waals surface area contributed by atoms with E-state index in [4.69, 9.17) is 0 Å². The topological polar surface area (TPSA) is 102 Å². The summed E-state index contributed by atoms with van der Waals surface area (Å²) >= 11 is 6.33. The molecule has 9 heteroatoms. The van der Waals surface area contributed by atoms with Crippen molar-refractivity contribution in [3.8, 4) is 0 Å². The summed E-state index contributed by atoms with van der Waals surface area (Å²) in [6.45, 7) is 1.59. The number of carbonyl (C=O) groups excluding carboxylic acids is 2. The molecule has 0 saturated carbocycles. The fourth-order valence-electron chi connectivity index (χ4n) is 1.20. The van der Waals surface area contributed by atoms with Crippen molar-refractivity contribution in [3.05, 3.63) is 33.6 Å². The Morgan fingerprint density at radius 1 is 1.53 bits per heavy atom. The molecule has 1 aromatic rings. The summed E-state index contributed by atoms with van der Waals surface area (Å²) in [4.78, 5) is 36.9. The zero-order valence-corrected chi connectivity index (χ0v) is 12.9. The highest BCUT2D eigenvalue weighted by Crippen LogP contribution is 2.31. The van der Waals surface area contributed by atoms with Gasteiger partial charge in [-0.15, -0.1) is 0 Å². The van der Waals surface area contributed by atoms with Crippen LogP contribution in [0, 0.1) is 10.1 Å². The summed E-state index contributed by atoms with van der Waals surface area (Å²) in [7, 11) is 0. The highest BCUT2D eigenvalue weighted by atomic mass is 79.9. The van der Waals surface area contributed by atoms with Gasteiger partial charge in [0, 0.05) is 12.5 Å². The third kappa shape index (κ3) is 4.06. The third-order valence-corrected chi connectivity index (χ3v) is 3.01. The van der Waals surface area contributed by atoms with Crippen LogP contribution in [0.4, 0.5) is 5.69 Å². The Morgan fingerprint density at radius 2 is 2.16 bits per heavy atom. The number of halogens is 2. The zero-order chi connectivity index (χ0) is 14.6. The molecule has 0 aliphatic carbocycles. The fourth-order valence-corrected chi connectivity index (χ4v) is 1.93. The molecule has 1 N–H and O–H groups in total. The van der Waals surface area contributed by atoms with Crippen LogP contribution in [-0.4, -0.2) is 21.7 Å². The summed E-state index contributed by atoms with van der Waals surface area (Å²) in [5.74, 6) is -1.19. The van der Waals surface area contributed by atoms with Gasteiger partial charge in [-0.1, -0.05) is 38.8 Å². The van der Waals surface area contributed by atoms with Crippen molar-refractivity contribution >= 4 is 49.4 Å². The van der Waals surface area contributed by atoms with Crippen LogP contribution in [0.25, 0.3) is 0 Å². The van der Waals surface area contributed by atoms with Crippen molar-refractivity contribution in [1.82, 2.24) is 10.3 Å². The number of hydrogen-bond donors (Lipinski definition) is 1. The second-order valence-electron chi connectivity index (χ2n) is 3.41. The normalized spacial score (nSPS) is 10.3. The van der Waals surface area contributed by atoms with Gasteiger partial charge < -0.3 is 0 Å². The van der Waals surface area contributed by atoms with Crippen molar-refractivity contribution in [2.24, 2.45) is 0 Å². The predicted octanol–water partition coefficient (Wildman–Crippen LogP) is 2.44. The number of nitro groups is 1. The van der Waals surface area contributed by atoms with Crippen LogP contribution in [0.15, 0.2) is 12.3 Å². The van der Waals surface area contributed by atoms with Gasteiger partial charge in [0.05, 0.1) is 16.2 Å². The average molecular weight is 395 g/mol. The second kappa shape index (κ2) is 6.71. The van der Waals surface area contributed by atoms with E-state index in [1.807, 2.05) is 0 Å². The van der Waals surface area contributed by atoms with Crippen LogP contribution in [-0.2, 0) is 4.79 Å². The first-order valence-electron chi connectivity index (χ1n) is 5.13. The molecule has 0 atom stereocenters. The summed E-state index contributed by atoms with van der Waals surface area (Å²) in [6, 6.07) is 1.08. The Labute approximate surface area is 125 Å². The molecule has 0 saturated heterocycles. The van der Waals surface area contributed by atoms with Crippen molar-refractivity contribution < 1.29 is 14.5 Å². The van der Waals surface area contributed by atoms with Crippen molar-refractivity contribution in [1.29, 1.82) is 0 Å². The molecule has 102 valence electrons. The summed E-state index contributed by atoms with van der Waals surface area (Å²) in [6.07, 6.45) is 1.18. The van der Waals surface area contributed by atoms with E-state index in [0.29, 0.717) is 0 Å². The molecule has 0 aliphatic heterocycles. The highest BCUT2D eigenvalue weighted by Gasteiger charge is 2.22. The Hall–Kier alpha value is -1.35. The number of pyridine rings is 1. The Kier molecular flexibility index (Phi) is 5.55. The molecule has 0 radical (unpaired) electrons. The number of imide groups is 1. The van der Waals surface area contributed by atoms with E-state index in [1.54, 1.807) is 6.92 Å². The van der Waals surface area contributed by atoms with Crippen LogP contribution >= 0.6 is 31.9 Å². The molecule has 0 bridgehead atoms. The maximum Gasteiger partial charge on any atom is 0.288 e. The second-order valence-corrected chi connectivity index (χ2v) is 6.48. The van der Waals surface area contributed by atoms with Gasteiger partial charge in [0.2, 0.25) is 5.91 Å². The van der Waals surface area contributed by atoms with Gasteiger partial charge in [-0.2, -0.15) is 0 Å². The lowest BCUT2D eigenvalue weighted by molar-refractivity contribution is -0.385. The maximum atomic E-state index is 11.9. The van der Waals surface area contributed by atoms with Crippen LogP contribution in [0.2, 0.25) is 0 Å². The van der Waals surface area contributed by atoms with Gasteiger partial charge in [-0.25, -0.2) is 0 Å². The smallest absolute Gasteiger partial charge is 0.288 e. The third-order valence-electron chi connectivity index (χ3n) is 2.14. The Bertz CT molecular complexity index is 534. The molecular formula is C10H9Br2N3O4. The van der Waals surface area contributed by atoms with Gasteiger partial charge in [0.25, 0.3) is 11.6 Å². The molecule has 0 fully saturated rings. The first-order chi connectivity index (χ1) is 8.86. The van der Waals surface area contributed by atoms with Crippen LogP contribution in [0.5, 0.6) is 0 Å². The van der Waals surface area contributed by atoms with Crippen LogP contribution in [0.1, 0.15) is 33.1 Å². The number of nitrogens with one attached hydrogen (secondary N) is 1. The van der Waals surface area contributed by atoms with E-state index < -0.39 is 20.5 Å². The fraction of sp³-hybridized carbons (Fsp3) is 0.300. The zero-order valence-electron chi connectivity index (χ0n) is 9.72. The molecule has 1 heterocycles. The molecule has 19 heavy (non-hydrogen) atoms. The standard InChI is InChI=1S/C10H9Br2N3O4/c1-2-7(16)14-10(17)6-3-5(15(18)19)4-13-8(6)9(11)12/h3-4,9H,2H2,1H3,(H,14,16,17). The monoisotopic (exact) mass is 393 g/mol. The molecule has 0 spiro atoms. The summed E-state index contributed by atoms with van der Waals surface area (Å²) < 4.78 is -0.460. The minimum Gasteiger partial charge on any atom is -0.292 e. The number of hydrogen-bond acceptors (Lipinski definition) is 5. The highest BCUT2D eigenvalue weighted by molar-refractivity contribution is 9.24.